The zero-order valence-corrected chi connectivity index (χ0v) is 14.1. The summed E-state index contributed by atoms with van der Waals surface area (Å²) in [7, 11) is 1.47. The highest BCUT2D eigenvalue weighted by atomic mass is 32.2. The van der Waals surface area contributed by atoms with Gasteiger partial charge in [-0.1, -0.05) is 0 Å². The molecule has 0 bridgehead atoms. The van der Waals surface area contributed by atoms with Crippen molar-refractivity contribution in [1.29, 1.82) is 0 Å². The maximum atomic E-state index is 12.8. The van der Waals surface area contributed by atoms with Gasteiger partial charge in [0.1, 0.15) is 5.82 Å². The van der Waals surface area contributed by atoms with Crippen molar-refractivity contribution in [2.24, 2.45) is 0 Å². The first kappa shape index (κ1) is 18.5. The molecular weight excluding hydrogens is 349 g/mol. The van der Waals surface area contributed by atoms with E-state index in [1.807, 2.05) is 0 Å². The summed E-state index contributed by atoms with van der Waals surface area (Å²) in [6.07, 6.45) is 1.48. The van der Waals surface area contributed by atoms with Crippen LogP contribution in [0, 0.1) is 5.82 Å². The molecule has 0 aliphatic carbocycles. The number of thioether (sulfide) groups is 1. The molecule has 0 fully saturated rings. The number of nitrogens with one attached hydrogen (secondary N) is 3. The summed E-state index contributed by atoms with van der Waals surface area (Å²) in [6, 6.07) is 7.00. The standard InChI is InChI=1S/C15H16FN5O3S/c1-24-14-6-7-17-15(19-14)21-20-13(23)9-25-8-12(22)18-11-4-2-10(16)3-5-11/h2-7H,8-9H2,1H3,(H,18,22)(H,20,23)(H,17,19,21). The Morgan fingerprint density at radius 1 is 1.16 bits per heavy atom. The molecule has 8 nitrogen and oxygen atoms in total. The predicted molar refractivity (Wildman–Crippen MR) is 92.7 cm³/mol. The Hall–Kier alpha value is -2.88. The zero-order valence-electron chi connectivity index (χ0n) is 13.3. The number of nitrogens with zero attached hydrogens (tertiary/aromatic N) is 2. The van der Waals surface area contributed by atoms with Gasteiger partial charge >= 0.3 is 0 Å². The molecule has 0 aliphatic rings. The van der Waals surface area contributed by atoms with Gasteiger partial charge in [-0.05, 0) is 24.3 Å². The number of anilines is 2. The Balaban J connectivity index is 1.66. The lowest BCUT2D eigenvalue weighted by Gasteiger charge is -2.08. The Morgan fingerprint density at radius 2 is 1.88 bits per heavy atom. The van der Waals surface area contributed by atoms with Crippen LogP contribution in [0.1, 0.15) is 0 Å². The molecule has 0 saturated heterocycles. The van der Waals surface area contributed by atoms with Crippen LogP contribution in [0.15, 0.2) is 36.5 Å². The molecular formula is C15H16FN5O3S. The zero-order chi connectivity index (χ0) is 18.1. The number of aromatic nitrogens is 2. The van der Waals surface area contributed by atoms with Gasteiger partial charge in [0.05, 0.1) is 18.6 Å². The number of carbonyl (C=O) groups is 2. The Kier molecular flexibility index (Phi) is 6.96. The summed E-state index contributed by atoms with van der Waals surface area (Å²) in [5.41, 5.74) is 5.46. The predicted octanol–water partition coefficient (Wildman–Crippen LogP) is 1.44. The van der Waals surface area contributed by atoms with E-state index in [4.69, 9.17) is 4.74 Å². The van der Waals surface area contributed by atoms with Gasteiger partial charge in [0, 0.05) is 18.0 Å². The first-order valence-electron chi connectivity index (χ1n) is 7.12. The molecule has 25 heavy (non-hydrogen) atoms. The number of hydrogen-bond acceptors (Lipinski definition) is 7. The average molecular weight is 365 g/mol. The normalized spacial score (nSPS) is 10.0. The van der Waals surface area contributed by atoms with Gasteiger partial charge in [0.15, 0.2) is 0 Å². The van der Waals surface area contributed by atoms with Crippen molar-refractivity contribution in [3.05, 3.63) is 42.3 Å². The lowest BCUT2D eigenvalue weighted by atomic mass is 10.3. The molecule has 1 aromatic heterocycles. The third kappa shape index (κ3) is 6.63. The van der Waals surface area contributed by atoms with Crippen LogP contribution in [0.3, 0.4) is 0 Å². The number of hydrazine groups is 1. The van der Waals surface area contributed by atoms with Crippen LogP contribution in [0.5, 0.6) is 5.88 Å². The number of ether oxygens (including phenoxy) is 1. The molecule has 0 atom stereocenters. The number of rotatable bonds is 8. The van der Waals surface area contributed by atoms with Crippen molar-refractivity contribution in [2.75, 3.05) is 29.4 Å². The van der Waals surface area contributed by atoms with Crippen LogP contribution < -0.4 is 20.9 Å². The van der Waals surface area contributed by atoms with E-state index < -0.39 is 0 Å². The number of hydrogen-bond donors (Lipinski definition) is 3. The van der Waals surface area contributed by atoms with E-state index in [2.05, 4.69) is 26.1 Å². The second-order valence-electron chi connectivity index (χ2n) is 4.64. The highest BCUT2D eigenvalue weighted by Gasteiger charge is 2.07. The third-order valence-corrected chi connectivity index (χ3v) is 3.68. The van der Waals surface area contributed by atoms with E-state index >= 15 is 0 Å². The Morgan fingerprint density at radius 3 is 2.60 bits per heavy atom. The second-order valence-corrected chi connectivity index (χ2v) is 5.63. The third-order valence-electron chi connectivity index (χ3n) is 2.75. The maximum absolute atomic E-state index is 12.8. The van der Waals surface area contributed by atoms with Gasteiger partial charge < -0.3 is 10.1 Å². The number of methoxy groups -OCH3 is 1. The van der Waals surface area contributed by atoms with Crippen LogP contribution in [0.2, 0.25) is 0 Å². The fourth-order valence-electron chi connectivity index (χ4n) is 1.64. The molecule has 0 spiro atoms. The molecule has 10 heteroatoms. The fraction of sp³-hybridized carbons (Fsp3) is 0.200. The van der Waals surface area contributed by atoms with E-state index in [0.717, 1.165) is 11.8 Å². The van der Waals surface area contributed by atoms with E-state index in [-0.39, 0.29) is 35.1 Å². The SMILES string of the molecule is COc1ccnc(NNC(=O)CSCC(=O)Nc2ccc(F)cc2)n1. The van der Waals surface area contributed by atoms with Crippen molar-refractivity contribution in [2.45, 2.75) is 0 Å². The van der Waals surface area contributed by atoms with Crippen molar-refractivity contribution >= 4 is 35.2 Å². The summed E-state index contributed by atoms with van der Waals surface area (Å²) in [6.45, 7) is 0. The topological polar surface area (TPSA) is 105 Å². The quantitative estimate of drug-likeness (QED) is 0.608. The molecule has 0 saturated carbocycles. The molecule has 2 amide bonds. The summed E-state index contributed by atoms with van der Waals surface area (Å²) < 4.78 is 17.7. The monoisotopic (exact) mass is 365 g/mol. The van der Waals surface area contributed by atoms with Gasteiger partial charge in [0.2, 0.25) is 23.6 Å². The largest absolute Gasteiger partial charge is 0.481 e. The number of amides is 2. The number of benzene rings is 1. The lowest BCUT2D eigenvalue weighted by Crippen LogP contribution is -2.32. The van der Waals surface area contributed by atoms with Gasteiger partial charge in [-0.3, -0.25) is 20.4 Å². The molecule has 1 heterocycles. The van der Waals surface area contributed by atoms with Crippen molar-refractivity contribution in [1.82, 2.24) is 15.4 Å². The summed E-state index contributed by atoms with van der Waals surface area (Å²) in [4.78, 5) is 31.3. The highest BCUT2D eigenvalue weighted by molar-refractivity contribution is 8.00. The minimum absolute atomic E-state index is 0.0633. The molecule has 0 radical (unpaired) electrons. The first-order valence-corrected chi connectivity index (χ1v) is 8.27. The molecule has 2 aromatic rings. The van der Waals surface area contributed by atoms with Gasteiger partial charge in [-0.2, -0.15) is 4.98 Å². The lowest BCUT2D eigenvalue weighted by molar-refractivity contribution is -0.118. The van der Waals surface area contributed by atoms with E-state index in [1.54, 1.807) is 6.07 Å². The van der Waals surface area contributed by atoms with Crippen LogP contribution in [0.25, 0.3) is 0 Å². The highest BCUT2D eigenvalue weighted by Crippen LogP contribution is 2.09. The van der Waals surface area contributed by atoms with Crippen LogP contribution in [-0.2, 0) is 9.59 Å². The van der Waals surface area contributed by atoms with Gasteiger partial charge in [-0.25, -0.2) is 9.37 Å². The maximum Gasteiger partial charge on any atom is 0.248 e. The fourth-order valence-corrected chi connectivity index (χ4v) is 2.26. The van der Waals surface area contributed by atoms with Gasteiger partial charge in [-0.15, -0.1) is 11.8 Å². The van der Waals surface area contributed by atoms with E-state index in [9.17, 15) is 14.0 Å². The minimum atomic E-state index is -0.378. The first-order chi connectivity index (χ1) is 12.1. The Labute approximate surface area is 147 Å². The summed E-state index contributed by atoms with van der Waals surface area (Å²) in [5, 5.41) is 2.61. The molecule has 1 aromatic carbocycles. The van der Waals surface area contributed by atoms with Crippen LogP contribution in [0.4, 0.5) is 16.0 Å². The van der Waals surface area contributed by atoms with E-state index in [0.29, 0.717) is 11.6 Å². The van der Waals surface area contributed by atoms with Crippen molar-refractivity contribution in [3.8, 4) is 5.88 Å². The van der Waals surface area contributed by atoms with Crippen LogP contribution >= 0.6 is 11.8 Å². The average Bonchev–Trinajstić information content (AvgIpc) is 2.62. The second kappa shape index (κ2) is 9.42. The molecule has 0 unspecified atom stereocenters. The minimum Gasteiger partial charge on any atom is -0.481 e. The number of carbonyl (C=O) groups excluding carboxylic acids is 2. The molecule has 3 N–H and O–H groups in total. The van der Waals surface area contributed by atoms with Crippen molar-refractivity contribution < 1.29 is 18.7 Å². The Bertz CT molecular complexity index is 729. The summed E-state index contributed by atoms with van der Waals surface area (Å²) in [5.74, 6) is -0.310. The van der Waals surface area contributed by atoms with Crippen LogP contribution in [-0.4, -0.2) is 40.4 Å². The van der Waals surface area contributed by atoms with E-state index in [1.165, 1.54) is 37.6 Å². The summed E-state index contributed by atoms with van der Waals surface area (Å²) >= 11 is 1.13. The van der Waals surface area contributed by atoms with Crippen molar-refractivity contribution in [3.63, 3.8) is 0 Å². The van der Waals surface area contributed by atoms with Gasteiger partial charge in [0.25, 0.3) is 0 Å². The smallest absolute Gasteiger partial charge is 0.248 e. The molecule has 132 valence electrons. The molecule has 0 aliphatic heterocycles. The number of halogens is 1. The molecule has 2 rings (SSSR count).